The van der Waals surface area contributed by atoms with Crippen molar-refractivity contribution >= 4 is 29.2 Å². The Morgan fingerprint density at radius 1 is 1.03 bits per heavy atom. The van der Waals surface area contributed by atoms with E-state index in [4.69, 9.17) is 11.6 Å². The number of anilines is 1. The van der Waals surface area contributed by atoms with Crippen LogP contribution in [-0.2, 0) is 4.79 Å². The minimum absolute atomic E-state index is 0.0239. The smallest absolute Gasteiger partial charge is 0.251 e. The molecule has 31 heavy (non-hydrogen) atoms. The predicted molar refractivity (Wildman–Crippen MR) is 117 cm³/mol. The minimum Gasteiger partial charge on any atom is -0.349 e. The van der Waals surface area contributed by atoms with Crippen LogP contribution >= 0.6 is 11.6 Å². The van der Waals surface area contributed by atoms with Crippen molar-refractivity contribution in [3.8, 4) is 5.69 Å². The van der Waals surface area contributed by atoms with Crippen LogP contribution in [0.15, 0.2) is 60.8 Å². The van der Waals surface area contributed by atoms with Crippen LogP contribution in [0.25, 0.3) is 5.69 Å². The molecular formula is C23H22ClFN4O2. The van der Waals surface area contributed by atoms with Gasteiger partial charge in [0, 0.05) is 34.8 Å². The molecule has 0 atom stereocenters. The fraction of sp³-hybridized carbons (Fsp3) is 0.261. The summed E-state index contributed by atoms with van der Waals surface area (Å²) in [6.45, 7) is 0. The molecule has 0 unspecified atom stereocenters. The van der Waals surface area contributed by atoms with E-state index in [1.54, 1.807) is 54.7 Å². The summed E-state index contributed by atoms with van der Waals surface area (Å²) in [5, 5.41) is 10.6. The highest BCUT2D eigenvalue weighted by Gasteiger charge is 2.27. The fourth-order valence-electron chi connectivity index (χ4n) is 3.79. The van der Waals surface area contributed by atoms with Gasteiger partial charge in [0.05, 0.1) is 0 Å². The van der Waals surface area contributed by atoms with Gasteiger partial charge in [-0.15, -0.1) is 5.10 Å². The van der Waals surface area contributed by atoms with Gasteiger partial charge in [-0.05, 0) is 56.0 Å². The number of nitrogens with zero attached hydrogens (tertiary/aromatic N) is 2. The second-order valence-corrected chi connectivity index (χ2v) is 8.06. The number of benzene rings is 2. The zero-order valence-electron chi connectivity index (χ0n) is 16.7. The lowest BCUT2D eigenvalue weighted by Crippen LogP contribution is -2.39. The fourth-order valence-corrected chi connectivity index (χ4v) is 3.98. The third kappa shape index (κ3) is 5.11. The molecule has 2 aromatic carbocycles. The summed E-state index contributed by atoms with van der Waals surface area (Å²) in [6.07, 6.45) is 4.37. The summed E-state index contributed by atoms with van der Waals surface area (Å²) in [6, 6.07) is 14.8. The molecule has 2 amide bonds. The maximum atomic E-state index is 13.9. The lowest BCUT2D eigenvalue weighted by Gasteiger charge is -2.28. The Hall–Kier alpha value is -3.19. The number of hydrogen-bond acceptors (Lipinski definition) is 3. The zero-order chi connectivity index (χ0) is 21.8. The number of amides is 2. The molecule has 8 heteroatoms. The van der Waals surface area contributed by atoms with E-state index in [-0.39, 0.29) is 29.6 Å². The van der Waals surface area contributed by atoms with E-state index in [9.17, 15) is 14.0 Å². The van der Waals surface area contributed by atoms with Crippen LogP contribution in [0.1, 0.15) is 36.0 Å². The highest BCUT2D eigenvalue weighted by molar-refractivity contribution is 6.30. The van der Waals surface area contributed by atoms with Gasteiger partial charge in [-0.1, -0.05) is 29.8 Å². The van der Waals surface area contributed by atoms with Crippen molar-refractivity contribution in [3.63, 3.8) is 0 Å². The van der Waals surface area contributed by atoms with Crippen molar-refractivity contribution in [3.05, 3.63) is 77.2 Å². The van der Waals surface area contributed by atoms with Gasteiger partial charge in [0.2, 0.25) is 5.91 Å². The quantitative estimate of drug-likeness (QED) is 0.609. The molecule has 6 nitrogen and oxygen atoms in total. The Kier molecular flexibility index (Phi) is 6.32. The molecule has 0 radical (unpaired) electrons. The average Bonchev–Trinajstić information content (AvgIpc) is 3.22. The lowest BCUT2D eigenvalue weighted by molar-refractivity contribution is -0.120. The van der Waals surface area contributed by atoms with E-state index < -0.39 is 0 Å². The van der Waals surface area contributed by atoms with Crippen LogP contribution in [0.5, 0.6) is 0 Å². The molecule has 1 aliphatic rings. The molecule has 4 rings (SSSR count). The maximum Gasteiger partial charge on any atom is 0.251 e. The van der Waals surface area contributed by atoms with Crippen LogP contribution in [0.4, 0.5) is 10.2 Å². The Morgan fingerprint density at radius 3 is 2.55 bits per heavy atom. The number of para-hydroxylation sites is 1. The monoisotopic (exact) mass is 440 g/mol. The maximum absolute atomic E-state index is 13.9. The molecular weight excluding hydrogens is 419 g/mol. The van der Waals surface area contributed by atoms with Gasteiger partial charge in [-0.3, -0.25) is 9.59 Å². The SMILES string of the molecule is O=C(N[C@H]1CC[C@@H](C(=O)Nc2ccn(-c3ccccc3F)n2)CC1)c1cccc(Cl)c1. The first kappa shape index (κ1) is 21.1. The van der Waals surface area contributed by atoms with E-state index >= 15 is 0 Å². The van der Waals surface area contributed by atoms with Crippen LogP contribution in [0, 0.1) is 11.7 Å². The van der Waals surface area contributed by atoms with Gasteiger partial charge in [0.25, 0.3) is 5.91 Å². The van der Waals surface area contributed by atoms with Crippen molar-refractivity contribution in [2.45, 2.75) is 31.7 Å². The predicted octanol–water partition coefficient (Wildman–Crippen LogP) is 4.59. The largest absolute Gasteiger partial charge is 0.349 e. The van der Waals surface area contributed by atoms with Crippen molar-refractivity contribution < 1.29 is 14.0 Å². The number of halogens is 2. The second kappa shape index (κ2) is 9.31. The molecule has 0 aliphatic heterocycles. The number of hydrogen-bond donors (Lipinski definition) is 2. The molecule has 1 fully saturated rings. The summed E-state index contributed by atoms with van der Waals surface area (Å²) >= 11 is 5.95. The molecule has 0 saturated heterocycles. The van der Waals surface area contributed by atoms with Crippen LogP contribution in [-0.4, -0.2) is 27.6 Å². The summed E-state index contributed by atoms with van der Waals surface area (Å²) in [4.78, 5) is 25.0. The zero-order valence-corrected chi connectivity index (χ0v) is 17.5. The van der Waals surface area contributed by atoms with E-state index in [0.29, 0.717) is 47.8 Å². The van der Waals surface area contributed by atoms with Crippen molar-refractivity contribution in [2.75, 3.05) is 5.32 Å². The van der Waals surface area contributed by atoms with E-state index in [2.05, 4.69) is 15.7 Å². The Bertz CT molecular complexity index is 1090. The lowest BCUT2D eigenvalue weighted by atomic mass is 9.85. The van der Waals surface area contributed by atoms with Gasteiger partial charge in [0.1, 0.15) is 11.5 Å². The molecule has 3 aromatic rings. The molecule has 1 saturated carbocycles. The number of rotatable bonds is 5. The molecule has 160 valence electrons. The summed E-state index contributed by atoms with van der Waals surface area (Å²) in [5.41, 5.74) is 0.844. The second-order valence-electron chi connectivity index (χ2n) is 7.62. The Labute approximate surface area is 184 Å². The minimum atomic E-state index is -0.387. The summed E-state index contributed by atoms with van der Waals surface area (Å²) in [7, 11) is 0. The van der Waals surface area contributed by atoms with Gasteiger partial charge in [-0.25, -0.2) is 9.07 Å². The van der Waals surface area contributed by atoms with Crippen LogP contribution < -0.4 is 10.6 Å². The first-order valence-electron chi connectivity index (χ1n) is 10.2. The number of carbonyl (C=O) groups is 2. The average molecular weight is 441 g/mol. The van der Waals surface area contributed by atoms with Gasteiger partial charge in [-0.2, -0.15) is 0 Å². The first-order valence-corrected chi connectivity index (χ1v) is 10.6. The highest BCUT2D eigenvalue weighted by Crippen LogP contribution is 2.26. The van der Waals surface area contributed by atoms with Crippen molar-refractivity contribution in [1.29, 1.82) is 0 Å². The van der Waals surface area contributed by atoms with E-state index in [1.165, 1.54) is 10.7 Å². The van der Waals surface area contributed by atoms with Gasteiger partial charge in [0.15, 0.2) is 5.82 Å². The summed E-state index contributed by atoms with van der Waals surface area (Å²) in [5.74, 6) is -0.434. The molecule has 1 aliphatic carbocycles. The molecule has 0 bridgehead atoms. The van der Waals surface area contributed by atoms with Crippen LogP contribution in [0.2, 0.25) is 5.02 Å². The van der Waals surface area contributed by atoms with Crippen LogP contribution in [0.3, 0.4) is 0 Å². The van der Waals surface area contributed by atoms with E-state index in [1.807, 2.05) is 0 Å². The number of carbonyl (C=O) groups excluding carboxylic acids is 2. The molecule has 2 N–H and O–H groups in total. The molecule has 0 spiro atoms. The summed E-state index contributed by atoms with van der Waals surface area (Å²) < 4.78 is 15.3. The number of nitrogens with one attached hydrogen (secondary N) is 2. The Morgan fingerprint density at radius 2 is 1.81 bits per heavy atom. The number of aromatic nitrogens is 2. The van der Waals surface area contributed by atoms with Gasteiger partial charge >= 0.3 is 0 Å². The van der Waals surface area contributed by atoms with Crippen molar-refractivity contribution in [1.82, 2.24) is 15.1 Å². The third-order valence-electron chi connectivity index (χ3n) is 5.46. The van der Waals surface area contributed by atoms with Crippen molar-refractivity contribution in [2.24, 2.45) is 5.92 Å². The van der Waals surface area contributed by atoms with E-state index in [0.717, 1.165) is 0 Å². The van der Waals surface area contributed by atoms with Gasteiger partial charge < -0.3 is 10.6 Å². The molecule has 1 heterocycles. The Balaban J connectivity index is 1.29. The topological polar surface area (TPSA) is 76.0 Å². The first-order chi connectivity index (χ1) is 15.0. The third-order valence-corrected chi connectivity index (χ3v) is 5.69. The normalized spacial score (nSPS) is 18.4. The standard InChI is InChI=1S/C23H22ClFN4O2/c24-17-5-3-4-16(14-17)23(31)26-18-10-8-15(9-11-18)22(30)27-21-12-13-29(28-21)20-7-2-1-6-19(20)25/h1-7,12-15,18H,8-11H2,(H,26,31)(H,27,28,30)/t15-,18+. The highest BCUT2D eigenvalue weighted by atomic mass is 35.5. The molecule has 1 aromatic heterocycles.